The van der Waals surface area contributed by atoms with Crippen LogP contribution in [0.25, 0.3) is 5.52 Å². The van der Waals surface area contributed by atoms with Gasteiger partial charge >= 0.3 is 5.97 Å². The average Bonchev–Trinajstić information content (AvgIpc) is 2.69. The normalized spacial score (nSPS) is 12.6. The largest absolute Gasteiger partial charge is 0.489 e. The van der Waals surface area contributed by atoms with E-state index in [0.717, 1.165) is 0 Å². The summed E-state index contributed by atoms with van der Waals surface area (Å²) in [5, 5.41) is 21.9. The number of hydrogen-bond donors (Lipinski definition) is 2. The summed E-state index contributed by atoms with van der Waals surface area (Å²) in [6.45, 7) is 1.80. The van der Waals surface area contributed by atoms with Gasteiger partial charge in [-0.3, -0.25) is 0 Å². The number of hydrogen-bond acceptors (Lipinski definition) is 4. The Labute approximate surface area is 97.1 Å². The van der Waals surface area contributed by atoms with Crippen LogP contribution in [0.1, 0.15) is 17.3 Å². The van der Waals surface area contributed by atoms with Crippen LogP contribution in [0, 0.1) is 0 Å². The van der Waals surface area contributed by atoms with Gasteiger partial charge in [0.2, 0.25) is 0 Å². The van der Waals surface area contributed by atoms with Crippen LogP contribution >= 0.6 is 0 Å². The minimum absolute atomic E-state index is 0.145. The van der Waals surface area contributed by atoms with Crippen LogP contribution in [0.15, 0.2) is 24.5 Å². The highest BCUT2D eigenvalue weighted by atomic mass is 16.5. The molecule has 0 aliphatic rings. The first-order valence-electron chi connectivity index (χ1n) is 5.09. The van der Waals surface area contributed by atoms with Crippen LogP contribution in [0.2, 0.25) is 0 Å². The van der Waals surface area contributed by atoms with E-state index in [1.54, 1.807) is 25.3 Å². The molecule has 2 rings (SSSR count). The van der Waals surface area contributed by atoms with E-state index in [-0.39, 0.29) is 12.2 Å². The first kappa shape index (κ1) is 11.4. The Hall–Kier alpha value is -2.08. The predicted octanol–water partition coefficient (Wildman–Crippen LogP) is 0.792. The molecule has 6 nitrogen and oxygen atoms in total. The zero-order chi connectivity index (χ0) is 12.4. The van der Waals surface area contributed by atoms with Crippen molar-refractivity contribution in [2.75, 3.05) is 6.61 Å². The van der Waals surface area contributed by atoms with E-state index in [1.807, 2.05) is 0 Å². The molecule has 0 amide bonds. The number of nitrogens with zero attached hydrogens (tertiary/aromatic N) is 2. The Bertz CT molecular complexity index is 547. The SMILES string of the molecule is CC(O)COc1ccc2c(C(=O)O)cnn2c1. The predicted molar refractivity (Wildman–Crippen MR) is 59.3 cm³/mol. The third-order valence-electron chi connectivity index (χ3n) is 2.21. The number of carboxylic acids is 1. The van der Waals surface area contributed by atoms with Gasteiger partial charge in [0.05, 0.1) is 24.0 Å². The standard InChI is InChI=1S/C11H12N2O4/c1-7(14)6-17-8-2-3-10-9(11(15)16)4-12-13(10)5-8/h2-5,7,14H,6H2,1H3,(H,15,16). The number of carbonyl (C=O) groups is 1. The highest BCUT2D eigenvalue weighted by molar-refractivity contribution is 5.95. The Morgan fingerprint density at radius 1 is 1.59 bits per heavy atom. The molecule has 1 unspecified atom stereocenters. The van der Waals surface area contributed by atoms with Crippen molar-refractivity contribution < 1.29 is 19.7 Å². The van der Waals surface area contributed by atoms with Gasteiger partial charge < -0.3 is 14.9 Å². The Balaban J connectivity index is 2.29. The molecule has 0 spiro atoms. The maximum atomic E-state index is 10.9. The van der Waals surface area contributed by atoms with E-state index < -0.39 is 12.1 Å². The summed E-state index contributed by atoms with van der Waals surface area (Å²) in [5.41, 5.74) is 0.647. The molecule has 2 heterocycles. The van der Waals surface area contributed by atoms with Gasteiger partial charge in [-0.25, -0.2) is 9.31 Å². The first-order valence-corrected chi connectivity index (χ1v) is 5.09. The Kier molecular flexibility index (Phi) is 2.97. The van der Waals surface area contributed by atoms with Gasteiger partial charge in [-0.05, 0) is 19.1 Å². The van der Waals surface area contributed by atoms with Crippen molar-refractivity contribution in [3.8, 4) is 5.75 Å². The monoisotopic (exact) mass is 236 g/mol. The lowest BCUT2D eigenvalue weighted by atomic mass is 10.2. The summed E-state index contributed by atoms with van der Waals surface area (Å²) in [4.78, 5) is 10.9. The number of aromatic carboxylic acids is 1. The maximum Gasteiger partial charge on any atom is 0.339 e. The van der Waals surface area contributed by atoms with Gasteiger partial charge in [-0.2, -0.15) is 5.10 Å². The number of aromatic nitrogens is 2. The van der Waals surface area contributed by atoms with Gasteiger partial charge in [0.25, 0.3) is 0 Å². The average molecular weight is 236 g/mol. The molecule has 0 saturated carbocycles. The Morgan fingerprint density at radius 3 is 3.00 bits per heavy atom. The van der Waals surface area contributed by atoms with Gasteiger partial charge in [0, 0.05) is 0 Å². The lowest BCUT2D eigenvalue weighted by Crippen LogP contribution is -2.13. The van der Waals surface area contributed by atoms with Crippen molar-refractivity contribution in [1.29, 1.82) is 0 Å². The lowest BCUT2D eigenvalue weighted by molar-refractivity contribution is 0.0699. The van der Waals surface area contributed by atoms with E-state index in [1.165, 1.54) is 10.7 Å². The molecule has 6 heteroatoms. The minimum Gasteiger partial charge on any atom is -0.489 e. The summed E-state index contributed by atoms with van der Waals surface area (Å²) >= 11 is 0. The zero-order valence-electron chi connectivity index (χ0n) is 9.20. The number of aliphatic hydroxyl groups is 1. The molecule has 0 bridgehead atoms. The fourth-order valence-electron chi connectivity index (χ4n) is 1.43. The van der Waals surface area contributed by atoms with Crippen LogP contribution in [0.4, 0.5) is 0 Å². The molecule has 0 saturated heterocycles. The fourth-order valence-corrected chi connectivity index (χ4v) is 1.43. The smallest absolute Gasteiger partial charge is 0.339 e. The number of ether oxygens (including phenoxy) is 1. The summed E-state index contributed by atoms with van der Waals surface area (Å²) < 4.78 is 6.72. The molecule has 90 valence electrons. The van der Waals surface area contributed by atoms with Crippen molar-refractivity contribution >= 4 is 11.5 Å². The first-order chi connectivity index (χ1) is 8.08. The molecule has 0 radical (unpaired) electrons. The molecule has 0 aliphatic carbocycles. The summed E-state index contributed by atoms with van der Waals surface area (Å²) in [6.07, 6.45) is 2.30. The van der Waals surface area contributed by atoms with Gasteiger partial charge in [-0.1, -0.05) is 0 Å². The summed E-state index contributed by atoms with van der Waals surface area (Å²) in [7, 11) is 0. The van der Waals surface area contributed by atoms with Crippen LogP contribution in [0.3, 0.4) is 0 Å². The van der Waals surface area contributed by atoms with Gasteiger partial charge in [0.15, 0.2) is 0 Å². The van der Waals surface area contributed by atoms with Crippen molar-refractivity contribution in [1.82, 2.24) is 9.61 Å². The summed E-state index contributed by atoms with van der Waals surface area (Å²) in [5.74, 6) is -0.490. The number of fused-ring (bicyclic) bond motifs is 1. The van der Waals surface area contributed by atoms with Gasteiger partial charge in [-0.15, -0.1) is 0 Å². The Morgan fingerprint density at radius 2 is 2.35 bits per heavy atom. The fraction of sp³-hybridized carbons (Fsp3) is 0.273. The summed E-state index contributed by atoms with van der Waals surface area (Å²) in [6, 6.07) is 3.26. The van der Waals surface area contributed by atoms with E-state index in [9.17, 15) is 4.79 Å². The highest BCUT2D eigenvalue weighted by Gasteiger charge is 2.11. The molecule has 17 heavy (non-hydrogen) atoms. The topological polar surface area (TPSA) is 84.1 Å². The molecular weight excluding hydrogens is 224 g/mol. The second kappa shape index (κ2) is 4.42. The third-order valence-corrected chi connectivity index (χ3v) is 2.21. The molecular formula is C11H12N2O4. The molecule has 2 aromatic heterocycles. The van der Waals surface area contributed by atoms with Crippen molar-refractivity contribution in [2.45, 2.75) is 13.0 Å². The van der Waals surface area contributed by atoms with Crippen LogP contribution in [-0.2, 0) is 0 Å². The molecule has 1 atom stereocenters. The molecule has 0 aliphatic heterocycles. The molecule has 0 fully saturated rings. The second-order valence-corrected chi connectivity index (χ2v) is 3.72. The molecule has 0 aromatic carbocycles. The number of pyridine rings is 1. The van der Waals surface area contributed by atoms with E-state index in [0.29, 0.717) is 11.3 Å². The molecule has 2 aromatic rings. The van der Waals surface area contributed by atoms with E-state index in [4.69, 9.17) is 14.9 Å². The minimum atomic E-state index is -1.02. The number of carboxylic acid groups (broad SMARTS) is 1. The van der Waals surface area contributed by atoms with E-state index >= 15 is 0 Å². The second-order valence-electron chi connectivity index (χ2n) is 3.72. The van der Waals surface area contributed by atoms with Crippen molar-refractivity contribution in [2.24, 2.45) is 0 Å². The quantitative estimate of drug-likeness (QED) is 0.820. The van der Waals surface area contributed by atoms with Crippen LogP contribution < -0.4 is 4.74 Å². The highest BCUT2D eigenvalue weighted by Crippen LogP contribution is 2.16. The van der Waals surface area contributed by atoms with Crippen molar-refractivity contribution in [3.05, 3.63) is 30.1 Å². The molecule has 2 N–H and O–H groups in total. The van der Waals surface area contributed by atoms with E-state index in [2.05, 4.69) is 5.10 Å². The third kappa shape index (κ3) is 2.36. The van der Waals surface area contributed by atoms with Crippen LogP contribution in [0.5, 0.6) is 5.75 Å². The van der Waals surface area contributed by atoms with Crippen LogP contribution in [-0.4, -0.2) is 38.5 Å². The lowest BCUT2D eigenvalue weighted by Gasteiger charge is -2.07. The maximum absolute atomic E-state index is 10.9. The number of aliphatic hydroxyl groups excluding tert-OH is 1. The van der Waals surface area contributed by atoms with Gasteiger partial charge in [0.1, 0.15) is 17.9 Å². The van der Waals surface area contributed by atoms with Crippen molar-refractivity contribution in [3.63, 3.8) is 0 Å². The number of rotatable bonds is 4. The zero-order valence-corrected chi connectivity index (χ0v) is 9.20.